The van der Waals surface area contributed by atoms with E-state index in [0.29, 0.717) is 13.4 Å². The predicted molar refractivity (Wildman–Crippen MR) is 106 cm³/mol. The van der Waals surface area contributed by atoms with Crippen LogP contribution in [0, 0.1) is 0 Å². The Labute approximate surface area is 153 Å². The number of nitrogens with zero attached hydrogens (tertiary/aromatic N) is 2. The SMILES string of the molecule is C.CC1(C)c2ccncc2-n2c3ccc(O[B]O)cc3c3cccc1c32. The van der Waals surface area contributed by atoms with Crippen LogP contribution in [0.2, 0.25) is 0 Å². The van der Waals surface area contributed by atoms with Crippen LogP contribution in [0.15, 0.2) is 54.9 Å². The largest absolute Gasteiger partial charge is 0.569 e. The van der Waals surface area contributed by atoms with Gasteiger partial charge in [-0.2, -0.15) is 0 Å². The minimum absolute atomic E-state index is 0. The Morgan fingerprint density at radius 1 is 1.08 bits per heavy atom. The summed E-state index contributed by atoms with van der Waals surface area (Å²) in [6.07, 6.45) is 3.80. The Morgan fingerprint density at radius 3 is 2.73 bits per heavy atom. The average molecular weight is 343 g/mol. The first kappa shape index (κ1) is 16.7. The summed E-state index contributed by atoms with van der Waals surface area (Å²) in [5.74, 6) is 0.615. The maximum Gasteiger partial charge on any atom is 0.569 e. The second-order valence-corrected chi connectivity index (χ2v) is 6.96. The maximum atomic E-state index is 8.95. The van der Waals surface area contributed by atoms with E-state index >= 15 is 0 Å². The van der Waals surface area contributed by atoms with Gasteiger partial charge in [-0.25, -0.2) is 0 Å². The maximum absolute atomic E-state index is 8.95. The summed E-state index contributed by atoms with van der Waals surface area (Å²) in [6.45, 7) is 4.52. The van der Waals surface area contributed by atoms with Gasteiger partial charge in [0.1, 0.15) is 5.75 Å². The van der Waals surface area contributed by atoms with Crippen LogP contribution in [-0.4, -0.2) is 22.3 Å². The first-order valence-corrected chi connectivity index (χ1v) is 8.28. The lowest BCUT2D eigenvalue weighted by atomic mass is 9.75. The number of hydrogen-bond donors (Lipinski definition) is 1. The zero-order chi connectivity index (χ0) is 17.2. The summed E-state index contributed by atoms with van der Waals surface area (Å²) in [7, 11) is 0.714. The molecule has 0 fully saturated rings. The van der Waals surface area contributed by atoms with Gasteiger partial charge in [-0.15, -0.1) is 0 Å². The van der Waals surface area contributed by atoms with Gasteiger partial charge in [-0.1, -0.05) is 39.5 Å². The zero-order valence-electron chi connectivity index (χ0n) is 14.0. The molecular formula is C21H20BN2O2. The molecule has 26 heavy (non-hydrogen) atoms. The molecule has 4 nitrogen and oxygen atoms in total. The number of pyridine rings is 1. The van der Waals surface area contributed by atoms with E-state index in [1.54, 1.807) is 0 Å². The minimum Gasteiger partial charge on any atom is -0.537 e. The molecule has 0 aliphatic carbocycles. The monoisotopic (exact) mass is 343 g/mol. The van der Waals surface area contributed by atoms with Gasteiger partial charge in [-0.3, -0.25) is 4.98 Å². The number of benzene rings is 2. The van der Waals surface area contributed by atoms with Gasteiger partial charge in [0.25, 0.3) is 0 Å². The van der Waals surface area contributed by atoms with E-state index in [-0.39, 0.29) is 12.8 Å². The van der Waals surface area contributed by atoms with Crippen molar-refractivity contribution in [1.29, 1.82) is 0 Å². The molecule has 0 saturated carbocycles. The Bertz CT molecular complexity index is 1150. The molecule has 2 aromatic heterocycles. The third kappa shape index (κ3) is 1.98. The van der Waals surface area contributed by atoms with E-state index < -0.39 is 0 Å². The van der Waals surface area contributed by atoms with Crippen LogP contribution in [0.5, 0.6) is 5.75 Å². The summed E-state index contributed by atoms with van der Waals surface area (Å²) in [4.78, 5) is 4.37. The number of aromatic nitrogens is 2. The summed E-state index contributed by atoms with van der Waals surface area (Å²) in [5.41, 5.74) is 5.92. The zero-order valence-corrected chi connectivity index (χ0v) is 14.0. The molecule has 1 radical (unpaired) electrons. The molecule has 1 N–H and O–H groups in total. The topological polar surface area (TPSA) is 47.3 Å². The van der Waals surface area contributed by atoms with Crippen molar-refractivity contribution in [3.05, 3.63) is 66.0 Å². The molecule has 2 aromatic carbocycles. The van der Waals surface area contributed by atoms with Crippen molar-refractivity contribution in [3.8, 4) is 11.4 Å². The van der Waals surface area contributed by atoms with E-state index in [9.17, 15) is 0 Å². The van der Waals surface area contributed by atoms with Gasteiger partial charge in [0.2, 0.25) is 0 Å². The number of rotatable bonds is 2. The van der Waals surface area contributed by atoms with Crippen LogP contribution in [0.1, 0.15) is 32.4 Å². The fourth-order valence-electron chi connectivity index (χ4n) is 4.17. The lowest BCUT2D eigenvalue weighted by Crippen LogP contribution is -2.26. The van der Waals surface area contributed by atoms with Crippen LogP contribution in [-0.2, 0) is 5.41 Å². The van der Waals surface area contributed by atoms with Gasteiger partial charge in [0.15, 0.2) is 0 Å². The van der Waals surface area contributed by atoms with Crippen molar-refractivity contribution in [2.24, 2.45) is 0 Å². The first-order valence-electron chi connectivity index (χ1n) is 8.28. The fourth-order valence-corrected chi connectivity index (χ4v) is 4.17. The fraction of sp³-hybridized carbons (Fsp3) is 0.190. The van der Waals surface area contributed by atoms with Crippen LogP contribution in [0.4, 0.5) is 0 Å². The highest BCUT2D eigenvalue weighted by Gasteiger charge is 2.34. The Hall–Kier alpha value is -2.79. The molecule has 5 heteroatoms. The molecule has 5 rings (SSSR count). The van der Waals surface area contributed by atoms with E-state index in [4.69, 9.17) is 9.68 Å². The number of hydrogen-bond acceptors (Lipinski definition) is 3. The Morgan fingerprint density at radius 2 is 1.92 bits per heavy atom. The third-order valence-corrected chi connectivity index (χ3v) is 5.34. The number of fused-ring (bicyclic) bond motifs is 5. The van der Waals surface area contributed by atoms with Crippen molar-refractivity contribution in [2.45, 2.75) is 26.7 Å². The molecule has 0 unspecified atom stereocenters. The second kappa shape index (κ2) is 5.61. The first-order chi connectivity index (χ1) is 12.1. The highest BCUT2D eigenvalue weighted by molar-refractivity contribution is 6.18. The molecule has 1 aliphatic heterocycles. The van der Waals surface area contributed by atoms with Crippen molar-refractivity contribution in [1.82, 2.24) is 9.55 Å². The molecule has 0 amide bonds. The summed E-state index contributed by atoms with van der Waals surface area (Å²) >= 11 is 0. The van der Waals surface area contributed by atoms with Crippen molar-refractivity contribution < 1.29 is 9.68 Å². The molecule has 0 atom stereocenters. The average Bonchev–Trinajstić information content (AvgIpc) is 2.95. The van der Waals surface area contributed by atoms with Crippen LogP contribution in [0.25, 0.3) is 27.5 Å². The third-order valence-electron chi connectivity index (χ3n) is 5.34. The quantitative estimate of drug-likeness (QED) is 0.550. The lowest BCUT2D eigenvalue weighted by Gasteiger charge is -2.34. The van der Waals surface area contributed by atoms with E-state index in [2.05, 4.69) is 47.7 Å². The van der Waals surface area contributed by atoms with E-state index in [1.165, 1.54) is 22.0 Å². The van der Waals surface area contributed by atoms with Crippen LogP contribution < -0.4 is 4.65 Å². The Balaban J connectivity index is 0.00000168. The Kier molecular flexibility index (Phi) is 3.60. The lowest BCUT2D eigenvalue weighted by molar-refractivity contribution is 0.454. The molecule has 3 heterocycles. The highest BCUT2D eigenvalue weighted by Crippen LogP contribution is 2.47. The van der Waals surface area contributed by atoms with Crippen molar-refractivity contribution in [3.63, 3.8) is 0 Å². The summed E-state index contributed by atoms with van der Waals surface area (Å²) < 4.78 is 7.46. The molecule has 0 bridgehead atoms. The van der Waals surface area contributed by atoms with Gasteiger partial charge >= 0.3 is 7.69 Å². The summed E-state index contributed by atoms with van der Waals surface area (Å²) in [5, 5.41) is 11.2. The van der Waals surface area contributed by atoms with Crippen molar-refractivity contribution >= 4 is 29.5 Å². The van der Waals surface area contributed by atoms with Gasteiger partial charge in [-0.05, 0) is 35.4 Å². The molecule has 0 saturated heterocycles. The van der Waals surface area contributed by atoms with Gasteiger partial charge < -0.3 is 14.2 Å². The van der Waals surface area contributed by atoms with Gasteiger partial charge in [0.05, 0.1) is 22.9 Å². The van der Waals surface area contributed by atoms with Crippen LogP contribution >= 0.6 is 0 Å². The highest BCUT2D eigenvalue weighted by atomic mass is 16.5. The molecule has 129 valence electrons. The van der Waals surface area contributed by atoms with Crippen molar-refractivity contribution in [2.75, 3.05) is 0 Å². The van der Waals surface area contributed by atoms with E-state index in [1.807, 2.05) is 30.6 Å². The standard InChI is InChI=1S/C20H16BN2O2.CH4/c1-20(2)15-8-9-22-11-18(15)23-17-7-6-12(25-21-24)10-14(17)13-4-3-5-16(20)19(13)23;/h3-11,24H,1-2H3;1H4. The van der Waals surface area contributed by atoms with E-state index in [0.717, 1.165) is 16.6 Å². The second-order valence-electron chi connectivity index (χ2n) is 6.96. The number of para-hydroxylation sites is 1. The molecule has 1 aliphatic rings. The predicted octanol–water partition coefficient (Wildman–Crippen LogP) is 4.36. The normalized spacial score (nSPS) is 14.0. The molecule has 0 spiro atoms. The molecule has 4 aromatic rings. The van der Waals surface area contributed by atoms with Crippen LogP contribution in [0.3, 0.4) is 0 Å². The smallest absolute Gasteiger partial charge is 0.537 e. The van der Waals surface area contributed by atoms with Gasteiger partial charge in [0, 0.05) is 22.4 Å². The summed E-state index contributed by atoms with van der Waals surface area (Å²) in [6, 6.07) is 14.4. The minimum atomic E-state index is -0.0969. The molecular weight excluding hydrogens is 323 g/mol.